The number of rotatable bonds is 64. The van der Waals surface area contributed by atoms with Gasteiger partial charge in [-0.25, -0.2) is 0 Å². The minimum atomic E-state index is -1.58. The monoisotopic (exact) mass is 1250 g/mol. The van der Waals surface area contributed by atoms with Crippen LogP contribution < -0.4 is 5.32 Å². The molecule has 0 saturated carbocycles. The molecule has 90 heavy (non-hydrogen) atoms. The molecular weight excluding hydrogens is 1110 g/mol. The predicted octanol–water partition coefficient (Wildman–Crippen LogP) is 21.1. The molecule has 1 saturated heterocycles. The fourth-order valence-electron chi connectivity index (χ4n) is 11.2. The number of hydrogen-bond acceptors (Lipinski definition) is 8. The van der Waals surface area contributed by atoms with Gasteiger partial charge in [0.1, 0.15) is 24.4 Å². The number of hydrogen-bond donors (Lipinski definition) is 6. The van der Waals surface area contributed by atoms with Gasteiger partial charge in [0.15, 0.2) is 6.29 Å². The molecule has 0 bridgehead atoms. The van der Waals surface area contributed by atoms with Gasteiger partial charge < -0.3 is 40.3 Å². The minimum Gasteiger partial charge on any atom is -0.394 e. The van der Waals surface area contributed by atoms with Gasteiger partial charge in [-0.3, -0.25) is 4.79 Å². The fourth-order valence-corrected chi connectivity index (χ4v) is 11.2. The first kappa shape index (κ1) is 84.3. The fraction of sp³-hybridized carbons (Fsp3) is 0.716. The number of ether oxygens (including phenoxy) is 2. The van der Waals surface area contributed by atoms with Crippen molar-refractivity contribution in [1.29, 1.82) is 0 Å². The van der Waals surface area contributed by atoms with Crippen molar-refractivity contribution in [2.45, 2.75) is 358 Å². The molecule has 1 aliphatic rings. The summed E-state index contributed by atoms with van der Waals surface area (Å²) in [4.78, 5) is 13.1. The van der Waals surface area contributed by atoms with E-state index < -0.39 is 49.5 Å². The van der Waals surface area contributed by atoms with Crippen LogP contribution in [0.2, 0.25) is 0 Å². The molecule has 0 aromatic heterocycles. The zero-order valence-corrected chi connectivity index (χ0v) is 57.9. The molecule has 0 radical (unpaired) electrons. The second-order valence-corrected chi connectivity index (χ2v) is 25.3. The van der Waals surface area contributed by atoms with E-state index in [0.717, 1.165) is 109 Å². The first-order valence-corrected chi connectivity index (χ1v) is 37.4. The topological polar surface area (TPSA) is 149 Å². The molecule has 0 aromatic carbocycles. The Morgan fingerprint density at radius 2 is 0.700 bits per heavy atom. The van der Waals surface area contributed by atoms with Gasteiger partial charge in [0.25, 0.3) is 0 Å². The minimum absolute atomic E-state index is 0.192. The van der Waals surface area contributed by atoms with Gasteiger partial charge in [0, 0.05) is 6.42 Å². The summed E-state index contributed by atoms with van der Waals surface area (Å²) >= 11 is 0. The lowest BCUT2D eigenvalue weighted by Crippen LogP contribution is -2.60. The molecular formula is C81H139NO8. The number of aliphatic hydroxyl groups is 5. The Balaban J connectivity index is 2.15. The van der Waals surface area contributed by atoms with E-state index in [0.29, 0.717) is 6.42 Å². The van der Waals surface area contributed by atoms with Crippen molar-refractivity contribution in [3.05, 3.63) is 134 Å². The van der Waals surface area contributed by atoms with Crippen LogP contribution in [0.4, 0.5) is 0 Å². The highest BCUT2D eigenvalue weighted by atomic mass is 16.7. The van der Waals surface area contributed by atoms with Crippen LogP contribution >= 0.6 is 0 Å². The summed E-state index contributed by atoms with van der Waals surface area (Å²) in [5.74, 6) is -0.192. The summed E-state index contributed by atoms with van der Waals surface area (Å²) in [5.41, 5.74) is 0. The quantitative estimate of drug-likeness (QED) is 0.0261. The molecule has 0 aromatic rings. The number of aliphatic hydroxyl groups excluding tert-OH is 5. The molecule has 7 unspecified atom stereocenters. The first-order chi connectivity index (χ1) is 44.3. The molecule has 0 spiro atoms. The zero-order chi connectivity index (χ0) is 64.9. The van der Waals surface area contributed by atoms with Crippen LogP contribution in [-0.4, -0.2) is 87.5 Å². The third-order valence-electron chi connectivity index (χ3n) is 17.0. The molecule has 1 fully saturated rings. The Hall–Kier alpha value is -3.67. The van der Waals surface area contributed by atoms with E-state index in [9.17, 15) is 30.3 Å². The van der Waals surface area contributed by atoms with Crippen molar-refractivity contribution < 1.29 is 39.8 Å². The maximum absolute atomic E-state index is 13.1. The van der Waals surface area contributed by atoms with Crippen LogP contribution in [0.25, 0.3) is 0 Å². The first-order valence-electron chi connectivity index (χ1n) is 37.4. The molecule has 1 amide bonds. The third-order valence-corrected chi connectivity index (χ3v) is 17.0. The van der Waals surface area contributed by atoms with E-state index >= 15 is 0 Å². The largest absolute Gasteiger partial charge is 0.394 e. The highest BCUT2D eigenvalue weighted by molar-refractivity contribution is 5.76. The maximum Gasteiger partial charge on any atom is 0.220 e. The third kappa shape index (κ3) is 55.9. The van der Waals surface area contributed by atoms with Crippen LogP contribution in [0.15, 0.2) is 134 Å². The lowest BCUT2D eigenvalue weighted by molar-refractivity contribution is -0.302. The van der Waals surface area contributed by atoms with Crippen LogP contribution in [-0.2, 0) is 14.3 Å². The van der Waals surface area contributed by atoms with Crippen molar-refractivity contribution in [2.75, 3.05) is 13.2 Å². The van der Waals surface area contributed by atoms with E-state index in [1.54, 1.807) is 6.08 Å². The number of unbranched alkanes of at least 4 members (excludes halogenated alkanes) is 34. The smallest absolute Gasteiger partial charge is 0.220 e. The van der Waals surface area contributed by atoms with Gasteiger partial charge in [-0.15, -0.1) is 0 Å². The maximum atomic E-state index is 13.1. The van der Waals surface area contributed by atoms with Crippen LogP contribution in [0.3, 0.4) is 0 Å². The van der Waals surface area contributed by atoms with Crippen molar-refractivity contribution in [1.82, 2.24) is 5.32 Å². The van der Waals surface area contributed by atoms with Gasteiger partial charge in [-0.05, 0) is 103 Å². The molecule has 6 N–H and O–H groups in total. The van der Waals surface area contributed by atoms with E-state index in [1.807, 2.05) is 6.08 Å². The molecule has 9 nitrogen and oxygen atoms in total. The van der Waals surface area contributed by atoms with Gasteiger partial charge in [0.2, 0.25) is 5.91 Å². The highest BCUT2D eigenvalue weighted by Crippen LogP contribution is 2.23. The summed E-state index contributed by atoms with van der Waals surface area (Å²) in [5, 5.41) is 54.8. The number of amides is 1. The second kappa shape index (κ2) is 68.2. The Morgan fingerprint density at radius 3 is 1.07 bits per heavy atom. The normalized spacial score (nSPS) is 18.6. The summed E-state index contributed by atoms with van der Waals surface area (Å²) in [6.07, 6.45) is 97.1. The molecule has 7 atom stereocenters. The van der Waals surface area contributed by atoms with E-state index in [2.05, 4.69) is 141 Å². The Labute approximate surface area is 553 Å². The van der Waals surface area contributed by atoms with Gasteiger partial charge in [-0.2, -0.15) is 0 Å². The average Bonchev–Trinajstić information content (AvgIpc) is 2.75. The number of carbonyl (C=O) groups is 1. The number of allylic oxidation sites excluding steroid dienone is 21. The van der Waals surface area contributed by atoms with Crippen LogP contribution in [0.1, 0.15) is 316 Å². The Kier molecular flexibility index (Phi) is 63.9. The van der Waals surface area contributed by atoms with Crippen molar-refractivity contribution in [2.24, 2.45) is 0 Å². The zero-order valence-electron chi connectivity index (χ0n) is 57.9. The van der Waals surface area contributed by atoms with Gasteiger partial charge in [0.05, 0.1) is 25.4 Å². The SMILES string of the molecule is CC/C=C\C/C=C\C/C=C\C/C=C\C/C=C\C/C=C\C/C=C\C/C=C\C/C=C\CCCCCCCCCCCCCC(=O)NC(COC1OC(CO)C(O)C(O)C1O)C(O)/C=C/CC/C=C/CCCCCCCCCCCCCCCCCCCCCCCC. The van der Waals surface area contributed by atoms with Crippen molar-refractivity contribution in [3.63, 3.8) is 0 Å². The predicted molar refractivity (Wildman–Crippen MR) is 387 cm³/mol. The van der Waals surface area contributed by atoms with Gasteiger partial charge >= 0.3 is 0 Å². The molecule has 1 rings (SSSR count). The van der Waals surface area contributed by atoms with Crippen molar-refractivity contribution in [3.8, 4) is 0 Å². The lowest BCUT2D eigenvalue weighted by atomic mass is 9.99. The Bertz CT molecular complexity index is 1890. The van der Waals surface area contributed by atoms with E-state index in [4.69, 9.17) is 9.47 Å². The second-order valence-electron chi connectivity index (χ2n) is 25.3. The van der Waals surface area contributed by atoms with Crippen molar-refractivity contribution >= 4 is 5.91 Å². The summed E-state index contributed by atoms with van der Waals surface area (Å²) in [6, 6.07) is -0.834. The van der Waals surface area contributed by atoms with E-state index in [-0.39, 0.29) is 12.5 Å². The standard InChI is InChI=1S/C81H139NO8/c1-3-5-7-9-11-13-15-17-19-21-23-25-27-29-31-33-34-35-36-37-38-39-40-41-42-43-45-47-49-51-53-55-57-59-61-63-65-67-69-71-77(85)82-74(73-89-81-80(88)79(87)78(86)76(72-83)90-81)75(84)70-68-66-64-62-60-58-56-54-52-50-48-46-44-32-30-28-26-24-22-20-18-16-14-12-10-8-6-4-2/h5,7,11,13,17,19,23,25,29,31,34-35,37-38,40-41,43,45,60,62,68,70,74-76,78-81,83-84,86-88H,3-4,6,8-10,12,14-16,18,20-22,24,26-28,30,32-33,36,39,42,44,46-59,61,63-67,69,71-73H2,1-2H3,(H,82,85)/b7-5-,13-11-,19-17-,25-23-,31-29-,35-34-,38-37-,41-40-,45-43-,62-60+,70-68+. The molecule has 9 heteroatoms. The summed E-state index contributed by atoms with van der Waals surface area (Å²) in [7, 11) is 0. The number of nitrogens with one attached hydrogen (secondary N) is 1. The van der Waals surface area contributed by atoms with E-state index in [1.165, 1.54) is 186 Å². The lowest BCUT2D eigenvalue weighted by Gasteiger charge is -2.40. The van der Waals surface area contributed by atoms with Crippen LogP contribution in [0.5, 0.6) is 0 Å². The Morgan fingerprint density at radius 1 is 0.389 bits per heavy atom. The average molecular weight is 1260 g/mol. The van der Waals surface area contributed by atoms with Gasteiger partial charge in [-0.1, -0.05) is 340 Å². The number of carbonyl (C=O) groups excluding carboxylic acids is 1. The highest BCUT2D eigenvalue weighted by Gasteiger charge is 2.44. The summed E-state index contributed by atoms with van der Waals surface area (Å²) < 4.78 is 11.3. The molecule has 1 aliphatic heterocycles. The molecule has 516 valence electrons. The summed E-state index contributed by atoms with van der Waals surface area (Å²) in [6.45, 7) is 3.67. The van der Waals surface area contributed by atoms with Crippen LogP contribution in [0, 0.1) is 0 Å². The molecule has 1 heterocycles. The molecule has 0 aliphatic carbocycles.